The summed E-state index contributed by atoms with van der Waals surface area (Å²) in [5, 5.41) is 0. The highest BCUT2D eigenvalue weighted by Gasteiger charge is 2.40. The molecule has 1 heterocycles. The minimum absolute atomic E-state index is 0.210. The molecule has 2 aromatic rings. The third kappa shape index (κ3) is 2.72. The lowest BCUT2D eigenvalue weighted by atomic mass is 9.88. The Kier molecular flexibility index (Phi) is 3.78. The smallest absolute Gasteiger partial charge is 0.414 e. The quantitative estimate of drug-likeness (QED) is 0.814. The number of hydrogen-bond donors (Lipinski definition) is 0. The predicted molar refractivity (Wildman–Crippen MR) is 90.4 cm³/mol. The average Bonchev–Trinajstić information content (AvgIpc) is 3.06. The molecule has 118 valence electrons. The van der Waals surface area contributed by atoms with Crippen molar-refractivity contribution in [3.63, 3.8) is 0 Å². The van der Waals surface area contributed by atoms with Gasteiger partial charge in [0.2, 0.25) is 0 Å². The van der Waals surface area contributed by atoms with E-state index in [2.05, 4.69) is 12.1 Å². The molecular formula is C20H21NO2. The summed E-state index contributed by atoms with van der Waals surface area (Å²) in [6.45, 7) is 0.329. The van der Waals surface area contributed by atoms with E-state index in [1.165, 1.54) is 18.4 Å². The van der Waals surface area contributed by atoms with Crippen molar-refractivity contribution in [2.24, 2.45) is 5.92 Å². The minimum Gasteiger partial charge on any atom is -0.444 e. The first-order chi connectivity index (χ1) is 11.3. The number of fused-ring (bicyclic) bond motifs is 2. The molecule has 1 aliphatic heterocycles. The van der Waals surface area contributed by atoms with Crippen molar-refractivity contribution in [1.82, 2.24) is 0 Å². The summed E-state index contributed by atoms with van der Waals surface area (Å²) >= 11 is 0. The van der Waals surface area contributed by atoms with Crippen LogP contribution >= 0.6 is 0 Å². The zero-order chi connectivity index (χ0) is 15.6. The molecule has 0 radical (unpaired) electrons. The van der Waals surface area contributed by atoms with E-state index in [4.69, 9.17) is 4.74 Å². The van der Waals surface area contributed by atoms with Crippen LogP contribution in [0.1, 0.15) is 30.4 Å². The lowest BCUT2D eigenvalue weighted by Crippen LogP contribution is -2.46. The highest BCUT2D eigenvalue weighted by atomic mass is 16.6. The van der Waals surface area contributed by atoms with Gasteiger partial charge in [-0.15, -0.1) is 0 Å². The Balaban J connectivity index is 1.57. The fourth-order valence-corrected chi connectivity index (χ4v) is 4.00. The molecule has 1 saturated carbocycles. The third-order valence-electron chi connectivity index (χ3n) is 5.09. The second kappa shape index (κ2) is 6.07. The van der Waals surface area contributed by atoms with Gasteiger partial charge in [0, 0.05) is 6.04 Å². The summed E-state index contributed by atoms with van der Waals surface area (Å²) in [4.78, 5) is 14.7. The van der Waals surface area contributed by atoms with Crippen LogP contribution in [0.5, 0.6) is 0 Å². The van der Waals surface area contributed by atoms with Gasteiger partial charge in [-0.3, -0.25) is 4.90 Å². The molecule has 1 aliphatic carbocycles. The highest BCUT2D eigenvalue weighted by molar-refractivity contribution is 5.90. The maximum absolute atomic E-state index is 12.8. The second-order valence-electron chi connectivity index (χ2n) is 6.50. The normalized spacial score (nSPS) is 22.3. The Hall–Kier alpha value is -2.29. The van der Waals surface area contributed by atoms with E-state index in [0.29, 0.717) is 18.6 Å². The zero-order valence-electron chi connectivity index (χ0n) is 13.2. The van der Waals surface area contributed by atoms with Crippen LogP contribution in [0.4, 0.5) is 10.5 Å². The number of hydrogen-bond acceptors (Lipinski definition) is 2. The molecular weight excluding hydrogens is 286 g/mol. The molecule has 2 aromatic carbocycles. The number of benzene rings is 2. The number of ether oxygens (including phenoxy) is 1. The Bertz CT molecular complexity index is 698. The van der Waals surface area contributed by atoms with Gasteiger partial charge in [0.25, 0.3) is 0 Å². The minimum atomic E-state index is -0.210. The van der Waals surface area contributed by atoms with Crippen molar-refractivity contribution >= 4 is 11.8 Å². The molecule has 2 atom stereocenters. The first-order valence-corrected chi connectivity index (χ1v) is 8.41. The van der Waals surface area contributed by atoms with Crippen LogP contribution in [0.3, 0.4) is 0 Å². The average molecular weight is 307 g/mol. The van der Waals surface area contributed by atoms with Crippen LogP contribution in [0.2, 0.25) is 0 Å². The number of carbonyl (C=O) groups excluding carboxylic acids is 1. The summed E-state index contributed by atoms with van der Waals surface area (Å²) in [5.41, 5.74) is 3.33. The monoisotopic (exact) mass is 307 g/mol. The molecule has 0 spiro atoms. The zero-order valence-corrected chi connectivity index (χ0v) is 13.2. The number of nitrogens with zero attached hydrogens (tertiary/aromatic N) is 1. The van der Waals surface area contributed by atoms with E-state index in [1.54, 1.807) is 0 Å². The molecule has 0 N–H and O–H groups in total. The van der Waals surface area contributed by atoms with Gasteiger partial charge < -0.3 is 4.74 Å². The van der Waals surface area contributed by atoms with Gasteiger partial charge in [-0.2, -0.15) is 0 Å². The van der Waals surface area contributed by atoms with Crippen molar-refractivity contribution in [2.75, 3.05) is 4.90 Å². The molecule has 0 bridgehead atoms. The molecule has 2 unspecified atom stereocenters. The van der Waals surface area contributed by atoms with Gasteiger partial charge in [0.15, 0.2) is 0 Å². The highest BCUT2D eigenvalue weighted by Crippen LogP contribution is 2.42. The molecule has 1 amide bonds. The largest absolute Gasteiger partial charge is 0.444 e. The van der Waals surface area contributed by atoms with Crippen molar-refractivity contribution in [1.29, 1.82) is 0 Å². The molecule has 1 fully saturated rings. The van der Waals surface area contributed by atoms with Crippen molar-refractivity contribution in [2.45, 2.75) is 38.3 Å². The number of carbonyl (C=O) groups is 1. The number of rotatable bonds is 2. The van der Waals surface area contributed by atoms with Crippen LogP contribution in [0.15, 0.2) is 54.6 Å². The lowest BCUT2D eigenvalue weighted by Gasteiger charge is -2.38. The molecule has 3 heteroatoms. The summed E-state index contributed by atoms with van der Waals surface area (Å²) in [7, 11) is 0. The summed E-state index contributed by atoms with van der Waals surface area (Å²) < 4.78 is 5.62. The van der Waals surface area contributed by atoms with Crippen molar-refractivity contribution < 1.29 is 9.53 Å². The van der Waals surface area contributed by atoms with Gasteiger partial charge in [-0.05, 0) is 42.4 Å². The van der Waals surface area contributed by atoms with E-state index in [-0.39, 0.29) is 6.09 Å². The van der Waals surface area contributed by atoms with Crippen LogP contribution in [-0.2, 0) is 17.8 Å². The van der Waals surface area contributed by atoms with Gasteiger partial charge >= 0.3 is 6.09 Å². The number of para-hydroxylation sites is 1. The van der Waals surface area contributed by atoms with Gasteiger partial charge in [0.1, 0.15) is 6.61 Å². The number of amides is 1. The molecule has 0 saturated heterocycles. The molecule has 0 aromatic heterocycles. The second-order valence-corrected chi connectivity index (χ2v) is 6.50. The Morgan fingerprint density at radius 1 is 1.04 bits per heavy atom. The van der Waals surface area contributed by atoms with E-state index in [9.17, 15) is 4.79 Å². The predicted octanol–water partition coefficient (Wildman–Crippen LogP) is 4.55. The van der Waals surface area contributed by atoms with E-state index < -0.39 is 0 Å². The summed E-state index contributed by atoms with van der Waals surface area (Å²) in [6.07, 6.45) is 4.37. The first-order valence-electron chi connectivity index (χ1n) is 8.41. The lowest BCUT2D eigenvalue weighted by molar-refractivity contribution is 0.142. The van der Waals surface area contributed by atoms with Crippen molar-refractivity contribution in [3.05, 3.63) is 65.7 Å². The van der Waals surface area contributed by atoms with E-state index in [0.717, 1.165) is 24.1 Å². The van der Waals surface area contributed by atoms with Crippen LogP contribution in [-0.4, -0.2) is 12.1 Å². The van der Waals surface area contributed by atoms with Crippen LogP contribution in [0.25, 0.3) is 0 Å². The molecule has 2 aliphatic rings. The Morgan fingerprint density at radius 3 is 2.70 bits per heavy atom. The van der Waals surface area contributed by atoms with Crippen molar-refractivity contribution in [3.8, 4) is 0 Å². The third-order valence-corrected chi connectivity index (χ3v) is 5.09. The van der Waals surface area contributed by atoms with E-state index >= 15 is 0 Å². The summed E-state index contributed by atoms with van der Waals surface area (Å²) in [6, 6.07) is 18.4. The standard InChI is InChI=1S/C20H21NO2/c22-20(23-14-15-7-2-1-3-8-15)21-18-11-5-4-9-16(18)13-17-10-6-12-19(17)21/h1-5,7-9,11,17,19H,6,10,12-14H2. The van der Waals surface area contributed by atoms with Gasteiger partial charge in [-0.25, -0.2) is 4.79 Å². The maximum atomic E-state index is 12.8. The maximum Gasteiger partial charge on any atom is 0.414 e. The molecule has 3 nitrogen and oxygen atoms in total. The van der Waals surface area contributed by atoms with Gasteiger partial charge in [0.05, 0.1) is 5.69 Å². The number of anilines is 1. The van der Waals surface area contributed by atoms with E-state index in [1.807, 2.05) is 47.4 Å². The summed E-state index contributed by atoms with van der Waals surface area (Å²) in [5.74, 6) is 0.578. The Labute approximate surface area is 136 Å². The van der Waals surface area contributed by atoms with Crippen LogP contribution in [0, 0.1) is 5.92 Å². The fraction of sp³-hybridized carbons (Fsp3) is 0.350. The Morgan fingerprint density at radius 2 is 1.83 bits per heavy atom. The van der Waals surface area contributed by atoms with Crippen LogP contribution < -0.4 is 4.90 Å². The first kappa shape index (κ1) is 14.3. The topological polar surface area (TPSA) is 29.5 Å². The fourth-order valence-electron chi connectivity index (χ4n) is 4.00. The SMILES string of the molecule is O=C(OCc1ccccc1)N1c2ccccc2CC2CCCC21. The van der Waals surface area contributed by atoms with Gasteiger partial charge in [-0.1, -0.05) is 55.0 Å². The molecule has 23 heavy (non-hydrogen) atoms. The molecule has 4 rings (SSSR count).